The topological polar surface area (TPSA) is 45.7 Å². The van der Waals surface area contributed by atoms with Crippen molar-refractivity contribution in [3.8, 4) is 5.75 Å². The highest BCUT2D eigenvalue weighted by atomic mass is 32.1. The third-order valence-corrected chi connectivity index (χ3v) is 5.40. The van der Waals surface area contributed by atoms with Gasteiger partial charge in [-0.25, -0.2) is 0 Å². The van der Waals surface area contributed by atoms with Crippen molar-refractivity contribution in [2.24, 2.45) is 4.99 Å². The monoisotopic (exact) mass is 343 g/mol. The number of hydrogen-bond acceptors (Lipinski definition) is 3. The van der Waals surface area contributed by atoms with Crippen molar-refractivity contribution in [2.75, 3.05) is 7.05 Å². The minimum absolute atomic E-state index is 0.394. The maximum absolute atomic E-state index is 6.08. The number of rotatable bonds is 6. The average molecular weight is 343 g/mol. The fraction of sp³-hybridized carbons (Fsp3) is 0.421. The van der Waals surface area contributed by atoms with Gasteiger partial charge in [0.1, 0.15) is 5.75 Å². The first kappa shape index (κ1) is 16.8. The number of guanidine groups is 1. The van der Waals surface area contributed by atoms with Gasteiger partial charge in [-0.15, -0.1) is 11.3 Å². The zero-order valence-corrected chi connectivity index (χ0v) is 15.2. The number of para-hydroxylation sites is 1. The fourth-order valence-corrected chi connectivity index (χ4v) is 3.43. The van der Waals surface area contributed by atoms with E-state index in [4.69, 9.17) is 4.74 Å². The molecule has 1 aliphatic carbocycles. The highest BCUT2D eigenvalue weighted by Gasteiger charge is 2.20. The second-order valence-corrected chi connectivity index (χ2v) is 7.09. The molecular weight excluding hydrogens is 318 g/mol. The van der Waals surface area contributed by atoms with Crippen LogP contribution in [-0.4, -0.2) is 19.1 Å². The maximum atomic E-state index is 6.08. The molecule has 0 unspecified atom stereocenters. The number of nitrogens with zero attached hydrogens (tertiary/aromatic N) is 1. The Kier molecular flexibility index (Phi) is 5.75. The van der Waals surface area contributed by atoms with E-state index in [1.54, 1.807) is 18.4 Å². The van der Waals surface area contributed by atoms with Gasteiger partial charge in [0.15, 0.2) is 5.96 Å². The molecule has 1 heterocycles. The minimum atomic E-state index is 0.394. The van der Waals surface area contributed by atoms with Crippen molar-refractivity contribution in [3.05, 3.63) is 51.7 Å². The summed E-state index contributed by atoms with van der Waals surface area (Å²) < 4.78 is 6.08. The SMILES string of the molecule is CN=C(NCc1ccccc1OC1CCC1)NCc1sccc1C. The molecule has 0 aliphatic heterocycles. The zero-order valence-electron chi connectivity index (χ0n) is 14.3. The highest BCUT2D eigenvalue weighted by molar-refractivity contribution is 7.10. The van der Waals surface area contributed by atoms with Crippen LogP contribution in [0.3, 0.4) is 0 Å². The Bertz CT molecular complexity index is 691. The van der Waals surface area contributed by atoms with Gasteiger partial charge in [0.05, 0.1) is 12.6 Å². The van der Waals surface area contributed by atoms with Gasteiger partial charge in [-0.05, 0) is 49.3 Å². The van der Waals surface area contributed by atoms with E-state index < -0.39 is 0 Å². The molecule has 0 amide bonds. The largest absolute Gasteiger partial charge is 0.490 e. The van der Waals surface area contributed by atoms with Crippen molar-refractivity contribution in [1.82, 2.24) is 10.6 Å². The van der Waals surface area contributed by atoms with Gasteiger partial charge in [0, 0.05) is 24.0 Å². The second kappa shape index (κ2) is 8.20. The number of nitrogens with one attached hydrogen (secondary N) is 2. The third-order valence-electron chi connectivity index (χ3n) is 4.37. The first-order chi connectivity index (χ1) is 11.8. The van der Waals surface area contributed by atoms with Crippen LogP contribution in [0.5, 0.6) is 5.75 Å². The number of ether oxygens (including phenoxy) is 1. The van der Waals surface area contributed by atoms with Crippen LogP contribution in [0, 0.1) is 6.92 Å². The van der Waals surface area contributed by atoms with E-state index >= 15 is 0 Å². The standard InChI is InChI=1S/C19H25N3OS/c1-14-10-11-24-18(14)13-22-19(20-2)21-12-15-6-3-4-9-17(15)23-16-7-5-8-16/h3-4,6,9-11,16H,5,7-8,12-13H2,1-2H3,(H2,20,21,22). The van der Waals surface area contributed by atoms with Crippen LogP contribution in [0.2, 0.25) is 0 Å². The molecule has 1 aliphatic rings. The number of aliphatic imine (C=N–C) groups is 1. The molecule has 0 saturated heterocycles. The van der Waals surface area contributed by atoms with Crippen LogP contribution >= 0.6 is 11.3 Å². The van der Waals surface area contributed by atoms with Crippen molar-refractivity contribution >= 4 is 17.3 Å². The Morgan fingerprint density at radius 3 is 2.67 bits per heavy atom. The summed E-state index contributed by atoms with van der Waals surface area (Å²) >= 11 is 1.77. The summed E-state index contributed by atoms with van der Waals surface area (Å²) in [6.07, 6.45) is 4.02. The Morgan fingerprint density at radius 1 is 1.21 bits per heavy atom. The summed E-state index contributed by atoms with van der Waals surface area (Å²) in [5.74, 6) is 1.79. The molecule has 24 heavy (non-hydrogen) atoms. The lowest BCUT2D eigenvalue weighted by Crippen LogP contribution is -2.36. The summed E-state index contributed by atoms with van der Waals surface area (Å²) in [6.45, 7) is 3.63. The number of thiophene rings is 1. The minimum Gasteiger partial charge on any atom is -0.490 e. The van der Waals surface area contributed by atoms with Crippen LogP contribution in [0.1, 0.15) is 35.3 Å². The first-order valence-corrected chi connectivity index (χ1v) is 9.36. The smallest absolute Gasteiger partial charge is 0.191 e. The summed E-state index contributed by atoms with van der Waals surface area (Å²) in [7, 11) is 1.80. The lowest BCUT2D eigenvalue weighted by atomic mass is 9.96. The number of aryl methyl sites for hydroxylation is 1. The molecule has 0 radical (unpaired) electrons. The van der Waals surface area contributed by atoms with Crippen molar-refractivity contribution < 1.29 is 4.74 Å². The predicted octanol–water partition coefficient (Wildman–Crippen LogP) is 3.85. The third kappa shape index (κ3) is 4.29. The highest BCUT2D eigenvalue weighted by Crippen LogP contribution is 2.27. The van der Waals surface area contributed by atoms with E-state index in [1.165, 1.54) is 35.3 Å². The van der Waals surface area contributed by atoms with Crippen LogP contribution < -0.4 is 15.4 Å². The van der Waals surface area contributed by atoms with E-state index in [1.807, 2.05) is 6.07 Å². The van der Waals surface area contributed by atoms with Crippen molar-refractivity contribution in [3.63, 3.8) is 0 Å². The molecule has 2 N–H and O–H groups in total. The molecule has 0 spiro atoms. The molecule has 3 rings (SSSR count). The Balaban J connectivity index is 1.54. The maximum Gasteiger partial charge on any atom is 0.191 e. The number of benzene rings is 1. The van der Waals surface area contributed by atoms with E-state index in [-0.39, 0.29) is 0 Å². The molecular formula is C19H25N3OS. The molecule has 128 valence electrons. The zero-order chi connectivity index (χ0) is 16.8. The van der Waals surface area contributed by atoms with Gasteiger partial charge < -0.3 is 15.4 Å². The van der Waals surface area contributed by atoms with Gasteiger partial charge in [0.2, 0.25) is 0 Å². The Morgan fingerprint density at radius 2 is 2.00 bits per heavy atom. The summed E-state index contributed by atoms with van der Waals surface area (Å²) in [5.41, 5.74) is 2.49. The van der Waals surface area contributed by atoms with Crippen molar-refractivity contribution in [1.29, 1.82) is 0 Å². The summed E-state index contributed by atoms with van der Waals surface area (Å²) in [4.78, 5) is 5.65. The fourth-order valence-electron chi connectivity index (χ4n) is 2.58. The van der Waals surface area contributed by atoms with E-state index in [0.717, 1.165) is 18.3 Å². The van der Waals surface area contributed by atoms with E-state index in [9.17, 15) is 0 Å². The lowest BCUT2D eigenvalue weighted by Gasteiger charge is -2.27. The van der Waals surface area contributed by atoms with Crippen molar-refractivity contribution in [2.45, 2.75) is 45.4 Å². The molecule has 1 fully saturated rings. The Hall–Kier alpha value is -2.01. The average Bonchev–Trinajstić information content (AvgIpc) is 2.97. The van der Waals surface area contributed by atoms with Crippen LogP contribution in [0.4, 0.5) is 0 Å². The molecule has 1 aromatic carbocycles. The molecule has 1 saturated carbocycles. The van der Waals surface area contributed by atoms with E-state index in [0.29, 0.717) is 12.6 Å². The van der Waals surface area contributed by atoms with Gasteiger partial charge >= 0.3 is 0 Å². The molecule has 2 aromatic rings. The van der Waals surface area contributed by atoms with Gasteiger partial charge in [-0.3, -0.25) is 4.99 Å². The molecule has 5 heteroatoms. The Labute approximate surface area is 148 Å². The molecule has 0 atom stereocenters. The molecule has 0 bridgehead atoms. The van der Waals surface area contributed by atoms with Crippen LogP contribution in [0.25, 0.3) is 0 Å². The quantitative estimate of drug-likeness (QED) is 0.618. The van der Waals surface area contributed by atoms with Gasteiger partial charge in [0.25, 0.3) is 0 Å². The van der Waals surface area contributed by atoms with Gasteiger partial charge in [-0.1, -0.05) is 18.2 Å². The summed E-state index contributed by atoms with van der Waals surface area (Å²) in [6, 6.07) is 10.4. The van der Waals surface area contributed by atoms with Gasteiger partial charge in [-0.2, -0.15) is 0 Å². The summed E-state index contributed by atoms with van der Waals surface area (Å²) in [5, 5.41) is 8.88. The second-order valence-electron chi connectivity index (χ2n) is 6.08. The number of hydrogen-bond donors (Lipinski definition) is 2. The van der Waals surface area contributed by atoms with Crippen LogP contribution in [0.15, 0.2) is 40.7 Å². The normalized spacial score (nSPS) is 15.0. The first-order valence-electron chi connectivity index (χ1n) is 8.48. The van der Waals surface area contributed by atoms with E-state index in [2.05, 4.69) is 52.2 Å². The van der Waals surface area contributed by atoms with Crippen LogP contribution in [-0.2, 0) is 13.1 Å². The predicted molar refractivity (Wildman–Crippen MR) is 101 cm³/mol. The molecule has 1 aromatic heterocycles. The lowest BCUT2D eigenvalue weighted by molar-refractivity contribution is 0.119. The molecule has 4 nitrogen and oxygen atoms in total.